The summed E-state index contributed by atoms with van der Waals surface area (Å²) in [5, 5.41) is 3.82. The van der Waals surface area contributed by atoms with Crippen LogP contribution in [0.5, 0.6) is 0 Å². The lowest BCUT2D eigenvalue weighted by Gasteiger charge is -2.15. The summed E-state index contributed by atoms with van der Waals surface area (Å²) >= 11 is 2.89. The Kier molecular flexibility index (Phi) is 6.76. The molecular weight excluding hydrogens is 438 g/mol. The average Bonchev–Trinajstić information content (AvgIpc) is 3.12. The van der Waals surface area contributed by atoms with Crippen molar-refractivity contribution in [3.8, 4) is 5.69 Å². The molecule has 1 aromatic heterocycles. The van der Waals surface area contributed by atoms with Gasteiger partial charge in [-0.15, -0.1) is 11.8 Å². The van der Waals surface area contributed by atoms with Crippen LogP contribution >= 0.6 is 23.5 Å². The third-order valence-electron chi connectivity index (χ3n) is 5.32. The Labute approximate surface area is 197 Å². The van der Waals surface area contributed by atoms with Gasteiger partial charge in [-0.1, -0.05) is 43.8 Å². The summed E-state index contributed by atoms with van der Waals surface area (Å²) in [7, 11) is 0. The zero-order valence-corrected chi connectivity index (χ0v) is 20.4. The Balaban J connectivity index is 1.62. The van der Waals surface area contributed by atoms with Crippen LogP contribution < -0.4 is 10.9 Å². The van der Waals surface area contributed by atoms with Crippen molar-refractivity contribution >= 4 is 35.1 Å². The molecule has 1 aliphatic rings. The number of carbonyl (C=O) groups is 1. The molecule has 0 bridgehead atoms. The van der Waals surface area contributed by atoms with Gasteiger partial charge in [-0.25, -0.2) is 4.98 Å². The lowest BCUT2D eigenvalue weighted by atomic mass is 10.1. The molecule has 7 heteroatoms. The molecule has 4 rings (SSSR count). The summed E-state index contributed by atoms with van der Waals surface area (Å²) in [5.74, 6) is 0.0533. The lowest BCUT2D eigenvalue weighted by molar-refractivity contribution is -0.113. The van der Waals surface area contributed by atoms with E-state index in [1.165, 1.54) is 17.3 Å². The first kappa shape index (κ1) is 22.7. The molecule has 3 aromatic rings. The van der Waals surface area contributed by atoms with Crippen molar-refractivity contribution < 1.29 is 4.79 Å². The summed E-state index contributed by atoms with van der Waals surface area (Å²) in [5.41, 5.74) is 5.74. The number of benzene rings is 2. The van der Waals surface area contributed by atoms with Gasteiger partial charge in [0.1, 0.15) is 0 Å². The number of hydrogen-bond donors (Lipinski definition) is 1. The fraction of sp³-hybridized carbons (Fsp3) is 0.320. The standard InChI is InChI=1S/C25H27N3O2S2/c1-5-18-6-8-19(9-7-18)26-22(29)14-31-25-27-21-13-17(4)32-23(21)24(30)28(25)20-11-15(2)10-16(3)12-20/h6-12,17H,5,13-14H2,1-4H3,(H,26,29). The summed E-state index contributed by atoms with van der Waals surface area (Å²) in [6, 6.07) is 13.9. The Morgan fingerprint density at radius 2 is 1.88 bits per heavy atom. The second kappa shape index (κ2) is 9.55. The van der Waals surface area contributed by atoms with E-state index in [-0.39, 0.29) is 17.2 Å². The molecule has 1 unspecified atom stereocenters. The van der Waals surface area contributed by atoms with Gasteiger partial charge in [0, 0.05) is 17.4 Å². The summed E-state index contributed by atoms with van der Waals surface area (Å²) in [6.07, 6.45) is 1.73. The van der Waals surface area contributed by atoms with E-state index >= 15 is 0 Å². The summed E-state index contributed by atoms with van der Waals surface area (Å²) < 4.78 is 1.66. The fourth-order valence-electron chi connectivity index (χ4n) is 3.86. The van der Waals surface area contributed by atoms with Crippen molar-refractivity contribution in [3.63, 3.8) is 0 Å². The van der Waals surface area contributed by atoms with Crippen LogP contribution in [0.4, 0.5) is 5.69 Å². The second-order valence-electron chi connectivity index (χ2n) is 8.18. The predicted octanol–water partition coefficient (Wildman–Crippen LogP) is 5.18. The van der Waals surface area contributed by atoms with Crippen molar-refractivity contribution in [2.24, 2.45) is 0 Å². The molecule has 2 aromatic carbocycles. The topological polar surface area (TPSA) is 64.0 Å². The number of amides is 1. The van der Waals surface area contributed by atoms with E-state index in [0.717, 1.165) is 45.9 Å². The van der Waals surface area contributed by atoms with Gasteiger partial charge in [0.2, 0.25) is 5.91 Å². The van der Waals surface area contributed by atoms with Gasteiger partial charge in [-0.3, -0.25) is 14.2 Å². The van der Waals surface area contributed by atoms with Crippen molar-refractivity contribution in [2.45, 2.75) is 55.8 Å². The van der Waals surface area contributed by atoms with Crippen LogP contribution in [0.25, 0.3) is 5.69 Å². The van der Waals surface area contributed by atoms with Gasteiger partial charge >= 0.3 is 0 Å². The molecular formula is C25H27N3O2S2. The zero-order chi connectivity index (χ0) is 22.8. The first-order valence-electron chi connectivity index (χ1n) is 10.8. The van der Waals surface area contributed by atoms with Crippen molar-refractivity contribution in [1.29, 1.82) is 0 Å². The molecule has 1 N–H and O–H groups in total. The number of aryl methyl sites for hydroxylation is 3. The Bertz CT molecular complexity index is 1200. The van der Waals surface area contributed by atoms with Gasteiger partial charge in [0.05, 0.1) is 22.0 Å². The number of anilines is 1. The van der Waals surface area contributed by atoms with Crippen molar-refractivity contribution in [1.82, 2.24) is 9.55 Å². The minimum Gasteiger partial charge on any atom is -0.325 e. The molecule has 5 nitrogen and oxygen atoms in total. The van der Waals surface area contributed by atoms with Gasteiger partial charge < -0.3 is 5.32 Å². The molecule has 0 fully saturated rings. The van der Waals surface area contributed by atoms with Crippen LogP contribution in [0, 0.1) is 13.8 Å². The van der Waals surface area contributed by atoms with Crippen molar-refractivity contribution in [3.05, 3.63) is 75.2 Å². The SMILES string of the molecule is CCc1ccc(NC(=O)CSc2nc3c(c(=O)n2-c2cc(C)cc(C)c2)SC(C)C3)cc1. The largest absolute Gasteiger partial charge is 0.325 e. The Morgan fingerprint density at radius 1 is 1.19 bits per heavy atom. The highest BCUT2D eigenvalue weighted by Crippen LogP contribution is 2.35. The minimum absolute atomic E-state index is 0.0487. The van der Waals surface area contributed by atoms with Crippen molar-refractivity contribution in [2.75, 3.05) is 11.1 Å². The monoisotopic (exact) mass is 465 g/mol. The fourth-order valence-corrected chi connectivity index (χ4v) is 5.78. The number of fused-ring (bicyclic) bond motifs is 1. The van der Waals surface area contributed by atoms with E-state index in [1.54, 1.807) is 16.3 Å². The van der Waals surface area contributed by atoms with E-state index in [2.05, 4.69) is 25.2 Å². The van der Waals surface area contributed by atoms with E-state index < -0.39 is 0 Å². The Hall–Kier alpha value is -2.51. The van der Waals surface area contributed by atoms with Gasteiger partial charge in [0.15, 0.2) is 5.16 Å². The smallest absolute Gasteiger partial charge is 0.272 e. The summed E-state index contributed by atoms with van der Waals surface area (Å²) in [4.78, 5) is 31.6. The van der Waals surface area contributed by atoms with Gasteiger partial charge in [0.25, 0.3) is 5.56 Å². The second-order valence-corrected chi connectivity index (χ2v) is 10.6. The number of aromatic nitrogens is 2. The normalized spacial score (nSPS) is 14.9. The third kappa shape index (κ3) is 4.94. The van der Waals surface area contributed by atoms with Crippen LogP contribution in [0.15, 0.2) is 57.3 Å². The number of hydrogen-bond acceptors (Lipinski definition) is 5. The highest BCUT2D eigenvalue weighted by Gasteiger charge is 2.27. The van der Waals surface area contributed by atoms with E-state index in [1.807, 2.05) is 50.2 Å². The molecule has 166 valence electrons. The molecule has 1 amide bonds. The van der Waals surface area contributed by atoms with E-state index in [4.69, 9.17) is 4.98 Å². The Morgan fingerprint density at radius 3 is 2.53 bits per heavy atom. The number of nitrogens with zero attached hydrogens (tertiary/aromatic N) is 2. The number of nitrogens with one attached hydrogen (secondary N) is 1. The first-order chi connectivity index (χ1) is 15.3. The molecule has 0 radical (unpaired) electrons. The molecule has 1 aliphatic heterocycles. The van der Waals surface area contributed by atoms with Gasteiger partial charge in [-0.05, 0) is 61.2 Å². The highest BCUT2D eigenvalue weighted by molar-refractivity contribution is 8.00. The molecule has 0 aliphatic carbocycles. The predicted molar refractivity (Wildman–Crippen MR) is 134 cm³/mol. The van der Waals surface area contributed by atoms with E-state index in [0.29, 0.717) is 10.4 Å². The first-order valence-corrected chi connectivity index (χ1v) is 12.6. The van der Waals surface area contributed by atoms with E-state index in [9.17, 15) is 9.59 Å². The average molecular weight is 466 g/mol. The van der Waals surface area contributed by atoms with Crippen LogP contribution in [0.1, 0.15) is 36.2 Å². The van der Waals surface area contributed by atoms with Crippen LogP contribution in [0.3, 0.4) is 0 Å². The lowest BCUT2D eigenvalue weighted by Crippen LogP contribution is -2.25. The number of rotatable bonds is 6. The number of carbonyl (C=O) groups excluding carboxylic acids is 1. The molecule has 1 atom stereocenters. The molecule has 0 saturated heterocycles. The molecule has 0 saturated carbocycles. The third-order valence-corrected chi connectivity index (χ3v) is 7.48. The molecule has 0 spiro atoms. The minimum atomic E-state index is -0.122. The molecule has 2 heterocycles. The highest BCUT2D eigenvalue weighted by atomic mass is 32.2. The zero-order valence-electron chi connectivity index (χ0n) is 18.8. The van der Waals surface area contributed by atoms with Gasteiger partial charge in [-0.2, -0.15) is 0 Å². The maximum Gasteiger partial charge on any atom is 0.272 e. The molecule has 32 heavy (non-hydrogen) atoms. The maximum absolute atomic E-state index is 13.4. The van der Waals surface area contributed by atoms with Crippen LogP contribution in [-0.4, -0.2) is 26.5 Å². The number of thioether (sulfide) groups is 2. The summed E-state index contributed by atoms with van der Waals surface area (Å²) in [6.45, 7) is 8.24. The van der Waals surface area contributed by atoms with Crippen LogP contribution in [-0.2, 0) is 17.6 Å². The quantitative estimate of drug-likeness (QED) is 0.401. The maximum atomic E-state index is 13.4. The van der Waals surface area contributed by atoms with Crippen LogP contribution in [0.2, 0.25) is 0 Å².